The molecule has 1 fully saturated rings. The minimum absolute atomic E-state index is 0.188. The van der Waals surface area contributed by atoms with E-state index >= 15 is 0 Å². The third-order valence-corrected chi connectivity index (χ3v) is 3.57. The molecule has 1 aromatic carbocycles. The van der Waals surface area contributed by atoms with E-state index in [1.165, 1.54) is 11.1 Å². The predicted molar refractivity (Wildman–Crippen MR) is 70.1 cm³/mol. The summed E-state index contributed by atoms with van der Waals surface area (Å²) in [6, 6.07) is 8.85. The lowest BCUT2D eigenvalue weighted by molar-refractivity contribution is -0.133. The normalized spacial score (nSPS) is 16.8. The molecular formula is C15H21NO. The van der Waals surface area contributed by atoms with Crippen LogP contribution in [0.5, 0.6) is 0 Å². The standard InChI is InChI=1S/C15H21NO/c1-11(17)16-9-13(10-16)12-5-7-14(8-6-12)15(2,3)4/h5-8,13H,9-10H2,1-4H3. The van der Waals surface area contributed by atoms with E-state index < -0.39 is 0 Å². The highest BCUT2D eigenvalue weighted by molar-refractivity contribution is 5.74. The fourth-order valence-corrected chi connectivity index (χ4v) is 2.20. The van der Waals surface area contributed by atoms with Crippen LogP contribution in [-0.4, -0.2) is 23.9 Å². The highest BCUT2D eigenvalue weighted by Gasteiger charge is 2.29. The van der Waals surface area contributed by atoms with Crippen LogP contribution in [0, 0.1) is 0 Å². The number of hydrogen-bond donors (Lipinski definition) is 0. The van der Waals surface area contributed by atoms with E-state index in [4.69, 9.17) is 0 Å². The highest BCUT2D eigenvalue weighted by atomic mass is 16.2. The minimum Gasteiger partial charge on any atom is -0.342 e. The van der Waals surface area contributed by atoms with Gasteiger partial charge in [0.05, 0.1) is 0 Å². The zero-order chi connectivity index (χ0) is 12.6. The number of carbonyl (C=O) groups is 1. The van der Waals surface area contributed by atoms with Crippen LogP contribution in [-0.2, 0) is 10.2 Å². The lowest BCUT2D eigenvalue weighted by atomic mass is 9.84. The molecule has 1 aromatic rings. The second-order valence-corrected chi connectivity index (χ2v) is 5.99. The van der Waals surface area contributed by atoms with Crippen molar-refractivity contribution < 1.29 is 4.79 Å². The van der Waals surface area contributed by atoms with Crippen molar-refractivity contribution in [2.75, 3.05) is 13.1 Å². The van der Waals surface area contributed by atoms with Crippen LogP contribution < -0.4 is 0 Å². The summed E-state index contributed by atoms with van der Waals surface area (Å²) >= 11 is 0. The average Bonchev–Trinajstić information content (AvgIpc) is 2.14. The molecule has 0 aliphatic carbocycles. The van der Waals surface area contributed by atoms with Gasteiger partial charge in [-0.1, -0.05) is 45.0 Å². The molecule has 2 rings (SSSR count). The van der Waals surface area contributed by atoms with Crippen LogP contribution in [0.3, 0.4) is 0 Å². The van der Waals surface area contributed by atoms with Gasteiger partial charge in [-0.25, -0.2) is 0 Å². The molecule has 1 saturated heterocycles. The first-order valence-electron chi connectivity index (χ1n) is 6.24. The zero-order valence-corrected chi connectivity index (χ0v) is 11.2. The third kappa shape index (κ3) is 2.51. The number of carbonyl (C=O) groups excluding carboxylic acids is 1. The summed E-state index contributed by atoms with van der Waals surface area (Å²) in [5.74, 6) is 0.723. The van der Waals surface area contributed by atoms with Gasteiger partial charge in [-0.15, -0.1) is 0 Å². The molecule has 0 spiro atoms. The topological polar surface area (TPSA) is 20.3 Å². The SMILES string of the molecule is CC(=O)N1CC(c2ccc(C(C)(C)C)cc2)C1. The zero-order valence-electron chi connectivity index (χ0n) is 11.2. The van der Waals surface area contributed by atoms with Crippen molar-refractivity contribution in [1.82, 2.24) is 4.90 Å². The smallest absolute Gasteiger partial charge is 0.219 e. The molecule has 17 heavy (non-hydrogen) atoms. The first-order valence-corrected chi connectivity index (χ1v) is 6.24. The molecule has 92 valence electrons. The van der Waals surface area contributed by atoms with Gasteiger partial charge < -0.3 is 4.90 Å². The summed E-state index contributed by atoms with van der Waals surface area (Å²) in [6.45, 7) is 10.1. The Morgan fingerprint density at radius 2 is 1.71 bits per heavy atom. The maximum atomic E-state index is 11.1. The van der Waals surface area contributed by atoms with E-state index in [2.05, 4.69) is 45.0 Å². The first kappa shape index (κ1) is 12.2. The Kier molecular flexibility index (Phi) is 2.98. The maximum Gasteiger partial charge on any atom is 0.219 e. The highest BCUT2D eigenvalue weighted by Crippen LogP contribution is 2.29. The molecule has 1 heterocycles. The monoisotopic (exact) mass is 231 g/mol. The third-order valence-electron chi connectivity index (χ3n) is 3.57. The van der Waals surface area contributed by atoms with E-state index in [9.17, 15) is 4.79 Å². The van der Waals surface area contributed by atoms with Crippen LogP contribution in [0.2, 0.25) is 0 Å². The molecule has 2 nitrogen and oxygen atoms in total. The Labute approximate surface area is 104 Å². The number of nitrogens with zero attached hydrogens (tertiary/aromatic N) is 1. The van der Waals surface area contributed by atoms with Gasteiger partial charge in [-0.2, -0.15) is 0 Å². The second kappa shape index (κ2) is 4.17. The molecule has 0 N–H and O–H groups in total. The van der Waals surface area contributed by atoms with E-state index in [0.717, 1.165) is 13.1 Å². The summed E-state index contributed by atoms with van der Waals surface area (Å²) in [6.07, 6.45) is 0. The summed E-state index contributed by atoms with van der Waals surface area (Å²) in [7, 11) is 0. The predicted octanol–water partition coefficient (Wildman–Crippen LogP) is 2.93. The van der Waals surface area contributed by atoms with E-state index in [1.54, 1.807) is 6.92 Å². The van der Waals surface area contributed by atoms with Crippen LogP contribution >= 0.6 is 0 Å². The number of likely N-dealkylation sites (tertiary alicyclic amines) is 1. The van der Waals surface area contributed by atoms with Crippen molar-refractivity contribution in [2.45, 2.75) is 39.0 Å². The molecule has 0 radical (unpaired) electrons. The Morgan fingerprint density at radius 3 is 2.12 bits per heavy atom. The van der Waals surface area contributed by atoms with Crippen LogP contribution in [0.4, 0.5) is 0 Å². The van der Waals surface area contributed by atoms with Gasteiger partial charge in [0.1, 0.15) is 0 Å². The minimum atomic E-state index is 0.188. The quantitative estimate of drug-likeness (QED) is 0.727. The lowest BCUT2D eigenvalue weighted by Gasteiger charge is -2.39. The Balaban J connectivity index is 2.03. The molecule has 0 unspecified atom stereocenters. The molecule has 0 saturated carbocycles. The fourth-order valence-electron chi connectivity index (χ4n) is 2.20. The van der Waals surface area contributed by atoms with Crippen molar-refractivity contribution in [3.63, 3.8) is 0 Å². The van der Waals surface area contributed by atoms with Gasteiger partial charge in [-0.05, 0) is 16.5 Å². The van der Waals surface area contributed by atoms with E-state index in [-0.39, 0.29) is 11.3 Å². The second-order valence-electron chi connectivity index (χ2n) is 5.99. The van der Waals surface area contributed by atoms with Gasteiger partial charge >= 0.3 is 0 Å². The molecule has 1 amide bonds. The van der Waals surface area contributed by atoms with Gasteiger partial charge in [0, 0.05) is 25.9 Å². The van der Waals surface area contributed by atoms with Crippen molar-refractivity contribution in [2.24, 2.45) is 0 Å². The van der Waals surface area contributed by atoms with Crippen LogP contribution in [0.15, 0.2) is 24.3 Å². The van der Waals surface area contributed by atoms with Crippen molar-refractivity contribution in [3.05, 3.63) is 35.4 Å². The van der Waals surface area contributed by atoms with Crippen molar-refractivity contribution in [1.29, 1.82) is 0 Å². The van der Waals surface area contributed by atoms with Gasteiger partial charge in [0.2, 0.25) is 5.91 Å². The number of amides is 1. The first-order chi connectivity index (χ1) is 7.88. The Bertz CT molecular complexity index is 408. The largest absolute Gasteiger partial charge is 0.342 e. The maximum absolute atomic E-state index is 11.1. The molecule has 1 aliphatic rings. The lowest BCUT2D eigenvalue weighted by Crippen LogP contribution is -2.47. The van der Waals surface area contributed by atoms with E-state index in [1.807, 2.05) is 4.90 Å². The summed E-state index contributed by atoms with van der Waals surface area (Å²) < 4.78 is 0. The number of benzene rings is 1. The molecule has 0 aromatic heterocycles. The fraction of sp³-hybridized carbons (Fsp3) is 0.533. The van der Waals surface area contributed by atoms with Gasteiger partial charge in [0.25, 0.3) is 0 Å². The summed E-state index contributed by atoms with van der Waals surface area (Å²) in [5.41, 5.74) is 2.93. The van der Waals surface area contributed by atoms with Crippen molar-refractivity contribution >= 4 is 5.91 Å². The molecule has 2 heteroatoms. The molecule has 1 aliphatic heterocycles. The van der Waals surface area contributed by atoms with Crippen LogP contribution in [0.25, 0.3) is 0 Å². The number of hydrogen-bond acceptors (Lipinski definition) is 1. The number of rotatable bonds is 1. The average molecular weight is 231 g/mol. The Hall–Kier alpha value is -1.31. The van der Waals surface area contributed by atoms with Gasteiger partial charge in [-0.3, -0.25) is 4.79 Å². The molecule has 0 bridgehead atoms. The Morgan fingerprint density at radius 1 is 1.18 bits per heavy atom. The molecular weight excluding hydrogens is 210 g/mol. The summed E-state index contributed by atoms with van der Waals surface area (Å²) in [5, 5.41) is 0. The van der Waals surface area contributed by atoms with E-state index in [0.29, 0.717) is 5.92 Å². The summed E-state index contributed by atoms with van der Waals surface area (Å²) in [4.78, 5) is 13.0. The van der Waals surface area contributed by atoms with Crippen molar-refractivity contribution in [3.8, 4) is 0 Å². The molecule has 0 atom stereocenters. The van der Waals surface area contributed by atoms with Gasteiger partial charge in [0.15, 0.2) is 0 Å². The van der Waals surface area contributed by atoms with Crippen LogP contribution in [0.1, 0.15) is 44.7 Å².